The van der Waals surface area contributed by atoms with Gasteiger partial charge in [0, 0.05) is 12.2 Å². The maximum absolute atomic E-state index is 12.1. The number of rotatable bonds is 6. The van der Waals surface area contributed by atoms with Gasteiger partial charge in [0.25, 0.3) is 0 Å². The van der Waals surface area contributed by atoms with E-state index in [1.54, 1.807) is 0 Å². The number of nitrogens with one attached hydrogen (secondary N) is 1. The van der Waals surface area contributed by atoms with Gasteiger partial charge in [-0.1, -0.05) is 24.3 Å². The van der Waals surface area contributed by atoms with Crippen LogP contribution in [-0.2, 0) is 21.4 Å². The Morgan fingerprint density at radius 1 is 1.12 bits per heavy atom. The molecule has 1 amide bonds. The molecule has 2 rings (SSSR count). The molecule has 3 N–H and O–H groups in total. The quantitative estimate of drug-likeness (QED) is 0.832. The first-order valence-corrected chi connectivity index (χ1v) is 8.96. The summed E-state index contributed by atoms with van der Waals surface area (Å²) < 4.78 is 22.4. The summed E-state index contributed by atoms with van der Waals surface area (Å²) >= 11 is 0. The predicted molar refractivity (Wildman–Crippen MR) is 94.0 cm³/mol. The number of primary sulfonamides is 1. The van der Waals surface area contributed by atoms with Crippen molar-refractivity contribution in [3.63, 3.8) is 0 Å². The molecule has 0 unspecified atom stereocenters. The van der Waals surface area contributed by atoms with Crippen molar-refractivity contribution in [3.05, 3.63) is 59.7 Å². The highest BCUT2D eigenvalue weighted by Crippen LogP contribution is 2.13. The Balaban J connectivity index is 1.92. The Labute approximate surface area is 142 Å². The first kappa shape index (κ1) is 18.1. The molecule has 0 heterocycles. The van der Waals surface area contributed by atoms with Crippen molar-refractivity contribution in [1.29, 1.82) is 0 Å². The Morgan fingerprint density at radius 2 is 1.75 bits per heavy atom. The van der Waals surface area contributed by atoms with Crippen LogP contribution in [0, 0.1) is 6.92 Å². The van der Waals surface area contributed by atoms with E-state index in [0.29, 0.717) is 12.2 Å². The highest BCUT2D eigenvalue weighted by atomic mass is 32.2. The van der Waals surface area contributed by atoms with Crippen LogP contribution in [-0.4, -0.2) is 32.8 Å². The lowest BCUT2D eigenvalue weighted by molar-refractivity contribution is -0.117. The maximum Gasteiger partial charge on any atom is 0.238 e. The molecule has 24 heavy (non-hydrogen) atoms. The van der Waals surface area contributed by atoms with E-state index in [9.17, 15) is 13.2 Å². The summed E-state index contributed by atoms with van der Waals surface area (Å²) in [5.74, 6) is -0.172. The maximum atomic E-state index is 12.1. The van der Waals surface area contributed by atoms with E-state index in [2.05, 4.69) is 5.32 Å². The van der Waals surface area contributed by atoms with Crippen molar-refractivity contribution >= 4 is 21.6 Å². The Morgan fingerprint density at radius 3 is 2.33 bits per heavy atom. The number of carbonyl (C=O) groups is 1. The minimum Gasteiger partial charge on any atom is -0.325 e. The number of nitrogens with zero attached hydrogens (tertiary/aromatic N) is 1. The van der Waals surface area contributed by atoms with E-state index in [-0.39, 0.29) is 17.3 Å². The van der Waals surface area contributed by atoms with E-state index < -0.39 is 10.0 Å². The molecule has 0 spiro atoms. The first-order chi connectivity index (χ1) is 11.3. The molecule has 0 radical (unpaired) electrons. The average Bonchev–Trinajstić information content (AvgIpc) is 2.49. The smallest absolute Gasteiger partial charge is 0.238 e. The molecule has 0 atom stereocenters. The predicted octanol–water partition coefficient (Wildman–Crippen LogP) is 1.71. The number of carbonyl (C=O) groups excluding carboxylic acids is 1. The van der Waals surface area contributed by atoms with Gasteiger partial charge in [-0.3, -0.25) is 9.69 Å². The molecule has 0 aliphatic heterocycles. The number of amides is 1. The molecule has 0 bridgehead atoms. The zero-order valence-corrected chi connectivity index (χ0v) is 14.5. The SMILES string of the molecule is Cc1ccccc1CN(C)CC(=O)Nc1ccc(S(N)(=O)=O)cc1. The molecular weight excluding hydrogens is 326 g/mol. The monoisotopic (exact) mass is 347 g/mol. The molecule has 0 aliphatic carbocycles. The number of hydrogen-bond donors (Lipinski definition) is 2. The second-order valence-electron chi connectivity index (χ2n) is 5.72. The lowest BCUT2D eigenvalue weighted by Crippen LogP contribution is -2.30. The zero-order chi connectivity index (χ0) is 17.7. The topological polar surface area (TPSA) is 92.5 Å². The normalized spacial score (nSPS) is 11.5. The average molecular weight is 347 g/mol. The van der Waals surface area contributed by atoms with Crippen LogP contribution >= 0.6 is 0 Å². The van der Waals surface area contributed by atoms with Gasteiger partial charge >= 0.3 is 0 Å². The molecular formula is C17H21N3O3S. The second-order valence-corrected chi connectivity index (χ2v) is 7.28. The van der Waals surface area contributed by atoms with Gasteiger partial charge in [0.2, 0.25) is 15.9 Å². The minimum absolute atomic E-state index is 0.0113. The second kappa shape index (κ2) is 7.57. The largest absolute Gasteiger partial charge is 0.325 e. The van der Waals surface area contributed by atoms with Crippen molar-refractivity contribution in [1.82, 2.24) is 4.90 Å². The summed E-state index contributed by atoms with van der Waals surface area (Å²) in [5, 5.41) is 7.77. The molecule has 6 nitrogen and oxygen atoms in total. The summed E-state index contributed by atoms with van der Waals surface area (Å²) in [4.78, 5) is 14.0. The van der Waals surface area contributed by atoms with Crippen molar-refractivity contribution in [2.75, 3.05) is 18.9 Å². The van der Waals surface area contributed by atoms with Gasteiger partial charge in [0.15, 0.2) is 0 Å². The number of sulfonamides is 1. The first-order valence-electron chi connectivity index (χ1n) is 7.41. The summed E-state index contributed by atoms with van der Waals surface area (Å²) in [5.41, 5.74) is 2.88. The van der Waals surface area contributed by atoms with Crippen LogP contribution in [0.1, 0.15) is 11.1 Å². The summed E-state index contributed by atoms with van der Waals surface area (Å²) in [7, 11) is -1.86. The number of aryl methyl sites for hydroxylation is 1. The molecule has 0 saturated heterocycles. The molecule has 2 aromatic carbocycles. The summed E-state index contributed by atoms with van der Waals surface area (Å²) in [6.45, 7) is 2.94. The molecule has 0 fully saturated rings. The molecule has 0 saturated carbocycles. The van der Waals surface area contributed by atoms with Crippen molar-refractivity contribution in [2.45, 2.75) is 18.4 Å². The molecule has 2 aromatic rings. The number of nitrogens with two attached hydrogens (primary N) is 1. The molecule has 0 aromatic heterocycles. The Bertz CT molecular complexity index is 817. The number of benzene rings is 2. The fourth-order valence-corrected chi connectivity index (χ4v) is 2.82. The van der Waals surface area contributed by atoms with Gasteiger partial charge in [-0.05, 0) is 49.4 Å². The highest BCUT2D eigenvalue weighted by Gasteiger charge is 2.10. The van der Waals surface area contributed by atoms with Gasteiger partial charge in [0.1, 0.15) is 0 Å². The molecule has 7 heteroatoms. The van der Waals surface area contributed by atoms with E-state index >= 15 is 0 Å². The van der Waals surface area contributed by atoms with Crippen LogP contribution in [0.5, 0.6) is 0 Å². The third kappa shape index (κ3) is 5.16. The van der Waals surface area contributed by atoms with Crippen LogP contribution in [0.4, 0.5) is 5.69 Å². The van der Waals surface area contributed by atoms with Gasteiger partial charge in [-0.2, -0.15) is 0 Å². The van der Waals surface area contributed by atoms with Crippen LogP contribution in [0.25, 0.3) is 0 Å². The minimum atomic E-state index is -3.73. The van der Waals surface area contributed by atoms with E-state index in [1.165, 1.54) is 35.4 Å². The lowest BCUT2D eigenvalue weighted by atomic mass is 10.1. The van der Waals surface area contributed by atoms with Crippen LogP contribution in [0.15, 0.2) is 53.4 Å². The number of likely N-dealkylation sites (N-methyl/N-ethyl adjacent to an activating group) is 1. The fourth-order valence-electron chi connectivity index (χ4n) is 2.31. The third-order valence-electron chi connectivity index (χ3n) is 3.58. The van der Waals surface area contributed by atoms with E-state index in [4.69, 9.17) is 5.14 Å². The van der Waals surface area contributed by atoms with E-state index in [0.717, 1.165) is 0 Å². The fraction of sp³-hybridized carbons (Fsp3) is 0.235. The molecule has 0 aliphatic rings. The van der Waals surface area contributed by atoms with Crippen molar-refractivity contribution in [2.24, 2.45) is 5.14 Å². The van der Waals surface area contributed by atoms with Gasteiger partial charge in [-0.25, -0.2) is 13.6 Å². The van der Waals surface area contributed by atoms with Crippen molar-refractivity contribution < 1.29 is 13.2 Å². The van der Waals surface area contributed by atoms with E-state index in [1.807, 2.05) is 43.1 Å². The van der Waals surface area contributed by atoms with Gasteiger partial charge in [0.05, 0.1) is 11.4 Å². The van der Waals surface area contributed by atoms with Gasteiger partial charge < -0.3 is 5.32 Å². The highest BCUT2D eigenvalue weighted by molar-refractivity contribution is 7.89. The van der Waals surface area contributed by atoms with Crippen LogP contribution in [0.3, 0.4) is 0 Å². The van der Waals surface area contributed by atoms with Crippen LogP contribution in [0.2, 0.25) is 0 Å². The van der Waals surface area contributed by atoms with Gasteiger partial charge in [-0.15, -0.1) is 0 Å². The third-order valence-corrected chi connectivity index (χ3v) is 4.51. The van der Waals surface area contributed by atoms with Crippen molar-refractivity contribution in [3.8, 4) is 0 Å². The Kier molecular flexibility index (Phi) is 5.71. The zero-order valence-electron chi connectivity index (χ0n) is 13.7. The number of anilines is 1. The number of hydrogen-bond acceptors (Lipinski definition) is 4. The lowest BCUT2D eigenvalue weighted by Gasteiger charge is -2.17. The standard InChI is InChI=1S/C17H21N3O3S/c1-13-5-3-4-6-14(13)11-20(2)12-17(21)19-15-7-9-16(10-8-15)24(18,22)23/h3-10H,11-12H2,1-2H3,(H,19,21)(H2,18,22,23). The summed E-state index contributed by atoms with van der Waals surface area (Å²) in [6, 6.07) is 13.8. The Hall–Kier alpha value is -2.22. The van der Waals surface area contributed by atoms with Crippen LogP contribution < -0.4 is 10.5 Å². The summed E-state index contributed by atoms with van der Waals surface area (Å²) in [6.07, 6.45) is 0. The molecule has 128 valence electrons.